The number of rotatable bonds is 4. The fourth-order valence-electron chi connectivity index (χ4n) is 2.19. The molecule has 0 fully saturated rings. The molecule has 0 bridgehead atoms. The number of alkyl halides is 6. The van der Waals surface area contributed by atoms with E-state index >= 15 is 0 Å². The monoisotopic (exact) mass is 364 g/mol. The van der Waals surface area contributed by atoms with E-state index < -0.39 is 35.6 Å². The molecule has 0 aliphatic rings. The van der Waals surface area contributed by atoms with E-state index in [-0.39, 0.29) is 11.8 Å². The first-order valence-electron chi connectivity index (χ1n) is 7.07. The molecule has 2 nitrogen and oxygen atoms in total. The maximum absolute atomic E-state index is 13.1. The Kier molecular flexibility index (Phi) is 5.20. The van der Waals surface area contributed by atoms with Crippen LogP contribution in [0.2, 0.25) is 0 Å². The lowest BCUT2D eigenvalue weighted by atomic mass is 10.0. The van der Waals surface area contributed by atoms with Crippen LogP contribution in [-0.4, -0.2) is 7.11 Å². The average molecular weight is 364 g/mol. The van der Waals surface area contributed by atoms with Crippen LogP contribution in [0.3, 0.4) is 0 Å². The first-order valence-corrected chi connectivity index (χ1v) is 7.07. The summed E-state index contributed by atoms with van der Waals surface area (Å²) in [5, 5.41) is 0. The van der Waals surface area contributed by atoms with Crippen molar-refractivity contribution in [2.75, 3.05) is 7.11 Å². The molecule has 2 aromatic carbocycles. The van der Waals surface area contributed by atoms with Gasteiger partial charge in [-0.25, -0.2) is 0 Å². The van der Waals surface area contributed by atoms with E-state index in [0.29, 0.717) is 11.8 Å². The molecule has 0 unspecified atom stereocenters. The van der Waals surface area contributed by atoms with Crippen LogP contribution in [0.1, 0.15) is 22.3 Å². The van der Waals surface area contributed by atoms with Gasteiger partial charge in [-0.15, -0.1) is 0 Å². The number of aryl methyl sites for hydroxylation is 1. The van der Waals surface area contributed by atoms with Crippen LogP contribution in [0.25, 0.3) is 0 Å². The summed E-state index contributed by atoms with van der Waals surface area (Å²) >= 11 is 0. The van der Waals surface area contributed by atoms with Crippen LogP contribution in [0, 0.1) is 6.92 Å². The maximum Gasteiger partial charge on any atom is 0.416 e. The van der Waals surface area contributed by atoms with E-state index in [4.69, 9.17) is 9.47 Å². The van der Waals surface area contributed by atoms with Crippen LogP contribution < -0.4 is 9.47 Å². The van der Waals surface area contributed by atoms with E-state index in [9.17, 15) is 26.3 Å². The molecule has 2 aromatic rings. The van der Waals surface area contributed by atoms with Crippen molar-refractivity contribution < 1.29 is 35.8 Å². The van der Waals surface area contributed by atoms with Gasteiger partial charge in [0.2, 0.25) is 0 Å². The molecule has 136 valence electrons. The van der Waals surface area contributed by atoms with Gasteiger partial charge in [0.05, 0.1) is 18.2 Å². The third-order valence-corrected chi connectivity index (χ3v) is 3.44. The lowest BCUT2D eigenvalue weighted by Gasteiger charge is -2.17. The Morgan fingerprint density at radius 3 is 2.08 bits per heavy atom. The summed E-state index contributed by atoms with van der Waals surface area (Å²) in [7, 11) is 1.38. The van der Waals surface area contributed by atoms with Crippen molar-refractivity contribution in [2.45, 2.75) is 25.9 Å². The molecule has 0 saturated carbocycles. The van der Waals surface area contributed by atoms with Crippen molar-refractivity contribution in [3.05, 3.63) is 58.7 Å². The number of halogens is 6. The molecular weight excluding hydrogens is 350 g/mol. The van der Waals surface area contributed by atoms with Gasteiger partial charge < -0.3 is 9.47 Å². The Bertz CT molecular complexity index is 750. The van der Waals surface area contributed by atoms with Crippen molar-refractivity contribution in [2.24, 2.45) is 0 Å². The van der Waals surface area contributed by atoms with Gasteiger partial charge in [0.25, 0.3) is 0 Å². The highest BCUT2D eigenvalue weighted by atomic mass is 19.4. The molecule has 0 aliphatic carbocycles. The Morgan fingerprint density at radius 1 is 0.840 bits per heavy atom. The molecule has 0 atom stereocenters. The Labute approximate surface area is 140 Å². The third kappa shape index (κ3) is 4.58. The normalized spacial score (nSPS) is 12.2. The van der Waals surface area contributed by atoms with E-state index in [2.05, 4.69) is 0 Å². The quantitative estimate of drug-likeness (QED) is 0.656. The maximum atomic E-state index is 13.1. The average Bonchev–Trinajstić information content (AvgIpc) is 2.51. The van der Waals surface area contributed by atoms with E-state index in [1.165, 1.54) is 13.2 Å². The summed E-state index contributed by atoms with van der Waals surface area (Å²) in [4.78, 5) is 0. The summed E-state index contributed by atoms with van der Waals surface area (Å²) in [6, 6.07) is 6.28. The van der Waals surface area contributed by atoms with Gasteiger partial charge in [0.15, 0.2) is 11.5 Å². The third-order valence-electron chi connectivity index (χ3n) is 3.44. The van der Waals surface area contributed by atoms with Crippen LogP contribution in [0.4, 0.5) is 26.3 Å². The van der Waals surface area contributed by atoms with Crippen molar-refractivity contribution >= 4 is 0 Å². The first kappa shape index (κ1) is 19.0. The molecule has 0 saturated heterocycles. The standard InChI is InChI=1S/C17H14F6O2/c1-10-3-6-14(15(7-10)24-2)25-9-11-4-5-12(16(18,19)20)8-13(11)17(21,22)23/h3-8H,9H2,1-2H3. The summed E-state index contributed by atoms with van der Waals surface area (Å²) in [5.41, 5.74) is -2.29. The van der Waals surface area contributed by atoms with Crippen LogP contribution in [0.15, 0.2) is 36.4 Å². The predicted molar refractivity (Wildman–Crippen MR) is 78.5 cm³/mol. The zero-order valence-corrected chi connectivity index (χ0v) is 13.3. The van der Waals surface area contributed by atoms with Gasteiger partial charge in [-0.05, 0) is 36.8 Å². The predicted octanol–water partition coefficient (Wildman–Crippen LogP) is 5.62. The molecule has 25 heavy (non-hydrogen) atoms. The highest BCUT2D eigenvalue weighted by Gasteiger charge is 2.38. The molecule has 0 N–H and O–H groups in total. The highest BCUT2D eigenvalue weighted by Crippen LogP contribution is 2.38. The van der Waals surface area contributed by atoms with Gasteiger partial charge in [0, 0.05) is 5.56 Å². The Hall–Kier alpha value is -2.38. The van der Waals surface area contributed by atoms with Gasteiger partial charge >= 0.3 is 12.4 Å². The van der Waals surface area contributed by atoms with Gasteiger partial charge in [-0.3, -0.25) is 0 Å². The number of ether oxygens (including phenoxy) is 2. The minimum absolute atomic E-state index is 0.0884. The zero-order chi connectivity index (χ0) is 18.8. The SMILES string of the molecule is COc1cc(C)ccc1OCc1ccc(C(F)(F)F)cc1C(F)(F)F. The molecule has 2 rings (SSSR count). The van der Waals surface area contributed by atoms with Crippen molar-refractivity contribution in [3.8, 4) is 11.5 Å². The molecule has 0 heterocycles. The van der Waals surface area contributed by atoms with Crippen LogP contribution in [0.5, 0.6) is 11.5 Å². The molecule has 0 aliphatic heterocycles. The summed E-state index contributed by atoms with van der Waals surface area (Å²) in [5.74, 6) is 0.515. The molecule has 0 spiro atoms. The number of hydrogen-bond donors (Lipinski definition) is 0. The van der Waals surface area contributed by atoms with E-state index in [1.807, 2.05) is 0 Å². The Morgan fingerprint density at radius 2 is 1.52 bits per heavy atom. The Balaban J connectivity index is 2.33. The lowest BCUT2D eigenvalue weighted by Crippen LogP contribution is -2.14. The smallest absolute Gasteiger partial charge is 0.416 e. The lowest BCUT2D eigenvalue weighted by molar-refractivity contribution is -0.143. The first-order chi connectivity index (χ1) is 11.5. The zero-order valence-electron chi connectivity index (χ0n) is 13.3. The molecule has 0 amide bonds. The largest absolute Gasteiger partial charge is 0.493 e. The van der Waals surface area contributed by atoms with E-state index in [1.54, 1.807) is 19.1 Å². The topological polar surface area (TPSA) is 18.5 Å². The molecule has 0 aromatic heterocycles. The fraction of sp³-hybridized carbons (Fsp3) is 0.294. The number of methoxy groups -OCH3 is 1. The van der Waals surface area contributed by atoms with Crippen molar-refractivity contribution in [1.29, 1.82) is 0 Å². The minimum atomic E-state index is -4.93. The minimum Gasteiger partial charge on any atom is -0.493 e. The second kappa shape index (κ2) is 6.85. The molecule has 8 heteroatoms. The van der Waals surface area contributed by atoms with Gasteiger partial charge in [-0.2, -0.15) is 26.3 Å². The summed E-state index contributed by atoms with van der Waals surface area (Å²) in [6.07, 6.45) is -9.79. The molecule has 0 radical (unpaired) electrons. The number of hydrogen-bond acceptors (Lipinski definition) is 2. The summed E-state index contributed by atoms with van der Waals surface area (Å²) < 4.78 is 87.7. The fourth-order valence-corrected chi connectivity index (χ4v) is 2.19. The second-order valence-corrected chi connectivity index (χ2v) is 5.31. The summed E-state index contributed by atoms with van der Waals surface area (Å²) in [6.45, 7) is 1.25. The highest BCUT2D eigenvalue weighted by molar-refractivity contribution is 5.43. The van der Waals surface area contributed by atoms with E-state index in [0.717, 1.165) is 11.6 Å². The number of benzene rings is 2. The molecular formula is C17H14F6O2. The van der Waals surface area contributed by atoms with Crippen molar-refractivity contribution in [1.82, 2.24) is 0 Å². The van der Waals surface area contributed by atoms with Crippen LogP contribution >= 0.6 is 0 Å². The van der Waals surface area contributed by atoms with Gasteiger partial charge in [-0.1, -0.05) is 12.1 Å². The van der Waals surface area contributed by atoms with Gasteiger partial charge in [0.1, 0.15) is 6.61 Å². The van der Waals surface area contributed by atoms with Crippen LogP contribution in [-0.2, 0) is 19.0 Å². The van der Waals surface area contributed by atoms with Crippen molar-refractivity contribution in [3.63, 3.8) is 0 Å². The second-order valence-electron chi connectivity index (χ2n) is 5.31.